The quantitative estimate of drug-likeness (QED) is 0.297. The van der Waals surface area contributed by atoms with Gasteiger partial charge < -0.3 is 19.4 Å². The number of pyridine rings is 1. The summed E-state index contributed by atoms with van der Waals surface area (Å²) in [6.45, 7) is 1.12. The second-order valence-corrected chi connectivity index (χ2v) is 7.70. The van der Waals surface area contributed by atoms with E-state index in [9.17, 15) is 27.9 Å². The summed E-state index contributed by atoms with van der Waals surface area (Å²) in [5, 5.41) is 21.1. The molecular formula is C20H14Cl2F3N3O6. The molecular weight excluding hydrogens is 506 g/mol. The topological polar surface area (TPSA) is 135 Å². The minimum atomic E-state index is -5.11. The molecule has 34 heavy (non-hydrogen) atoms. The lowest BCUT2D eigenvalue weighted by Crippen LogP contribution is -2.46. The minimum absolute atomic E-state index is 0.0812. The van der Waals surface area contributed by atoms with Gasteiger partial charge in [0.25, 0.3) is 11.8 Å². The van der Waals surface area contributed by atoms with Gasteiger partial charge in [-0.3, -0.25) is 10.1 Å². The Hall–Kier alpha value is -3.35. The summed E-state index contributed by atoms with van der Waals surface area (Å²) in [6.07, 6.45) is -4.89. The number of hydrogen-bond acceptors (Lipinski definition) is 7. The average Bonchev–Trinajstić information content (AvgIpc) is 3.17. The highest BCUT2D eigenvalue weighted by Gasteiger charge is 2.59. The number of nitrogens with zero attached hydrogens (tertiary/aromatic N) is 2. The van der Waals surface area contributed by atoms with E-state index in [2.05, 4.69) is 20.0 Å². The number of carboxylic acid groups (broad SMARTS) is 1. The fourth-order valence-corrected chi connectivity index (χ4v) is 3.68. The van der Waals surface area contributed by atoms with Gasteiger partial charge in [0.2, 0.25) is 0 Å². The van der Waals surface area contributed by atoms with Crippen molar-refractivity contribution in [2.45, 2.75) is 24.6 Å². The van der Waals surface area contributed by atoms with Crippen molar-refractivity contribution >= 4 is 41.3 Å². The lowest BCUT2D eigenvalue weighted by molar-refractivity contribution is -0.274. The van der Waals surface area contributed by atoms with Gasteiger partial charge in [0, 0.05) is 22.7 Å². The third kappa shape index (κ3) is 5.08. The summed E-state index contributed by atoms with van der Waals surface area (Å²) >= 11 is 11.9. The number of aliphatic hydroxyl groups is 1. The van der Waals surface area contributed by atoms with Gasteiger partial charge in [0.05, 0.1) is 0 Å². The van der Waals surface area contributed by atoms with Crippen LogP contribution in [0.1, 0.15) is 34.3 Å². The summed E-state index contributed by atoms with van der Waals surface area (Å²) in [5.41, 5.74) is -4.08. The molecule has 3 rings (SSSR count). The maximum atomic E-state index is 14.0. The Morgan fingerprint density at radius 2 is 1.91 bits per heavy atom. The Labute approximate surface area is 199 Å². The van der Waals surface area contributed by atoms with Crippen molar-refractivity contribution in [3.8, 4) is 5.88 Å². The van der Waals surface area contributed by atoms with E-state index in [-0.39, 0.29) is 21.3 Å². The molecule has 2 atom stereocenters. The largest absolute Gasteiger partial charge is 0.512 e. The number of benzene rings is 1. The van der Waals surface area contributed by atoms with Crippen LogP contribution in [-0.2, 0) is 5.60 Å². The molecule has 0 fully saturated rings. The number of carbonyl (C=O) groups is 2. The summed E-state index contributed by atoms with van der Waals surface area (Å²) in [6, 6.07) is 4.94. The Bertz CT molecular complexity index is 1240. The van der Waals surface area contributed by atoms with E-state index < -0.39 is 47.2 Å². The van der Waals surface area contributed by atoms with E-state index in [0.29, 0.717) is 0 Å². The molecule has 0 bridgehead atoms. The molecule has 1 amide bonds. The smallest absolute Gasteiger partial charge is 0.449 e. The van der Waals surface area contributed by atoms with Crippen molar-refractivity contribution in [3.63, 3.8) is 0 Å². The molecule has 2 aromatic heterocycles. The number of aromatic nitrogens is 2. The summed E-state index contributed by atoms with van der Waals surface area (Å²) < 4.78 is 51.2. The second kappa shape index (κ2) is 9.49. The third-order valence-electron chi connectivity index (χ3n) is 4.85. The first-order valence-corrected chi connectivity index (χ1v) is 9.96. The summed E-state index contributed by atoms with van der Waals surface area (Å²) in [4.78, 5) is 30.1. The molecule has 0 aliphatic heterocycles. The summed E-state index contributed by atoms with van der Waals surface area (Å²) in [5.74, 6) is -2.84. The van der Waals surface area contributed by atoms with Crippen molar-refractivity contribution in [1.82, 2.24) is 9.97 Å². The predicted octanol–water partition coefficient (Wildman–Crippen LogP) is 5.24. The first kappa shape index (κ1) is 25.3. The van der Waals surface area contributed by atoms with Gasteiger partial charge in [-0.15, -0.1) is 0 Å². The maximum absolute atomic E-state index is 14.0. The fraction of sp³-hybridized carbons (Fsp3) is 0.200. The normalized spacial score (nSPS) is 14.2. The summed E-state index contributed by atoms with van der Waals surface area (Å²) in [7, 11) is 0. The Morgan fingerprint density at radius 1 is 1.21 bits per heavy atom. The van der Waals surface area contributed by atoms with E-state index in [1.165, 1.54) is 6.07 Å². The van der Waals surface area contributed by atoms with Crippen molar-refractivity contribution in [1.29, 1.82) is 0 Å². The molecule has 3 aromatic rings. The second-order valence-electron chi connectivity index (χ2n) is 6.90. The van der Waals surface area contributed by atoms with Crippen LogP contribution in [0.2, 0.25) is 10.2 Å². The molecule has 180 valence electrons. The Morgan fingerprint density at radius 3 is 2.50 bits per heavy atom. The van der Waals surface area contributed by atoms with Crippen LogP contribution in [0, 0.1) is 0 Å². The number of rotatable bonds is 6. The SMILES string of the molecule is CC(c1ccc(C(=O)Nc2nc(OC(=O)O)co2)cc1Cl)C(O)(c1ccnc(Cl)c1)C(F)(F)F. The molecule has 0 aliphatic rings. The zero-order chi connectivity index (χ0) is 25.3. The number of nitrogens with one attached hydrogen (secondary N) is 1. The highest BCUT2D eigenvalue weighted by atomic mass is 35.5. The molecule has 2 unspecified atom stereocenters. The van der Waals surface area contributed by atoms with Crippen molar-refractivity contribution in [2.75, 3.05) is 5.32 Å². The van der Waals surface area contributed by atoms with Gasteiger partial charge in [0.15, 0.2) is 11.9 Å². The van der Waals surface area contributed by atoms with Crippen LogP contribution >= 0.6 is 23.2 Å². The highest BCUT2D eigenvalue weighted by molar-refractivity contribution is 6.32. The molecule has 2 heterocycles. The molecule has 0 saturated carbocycles. The van der Waals surface area contributed by atoms with Gasteiger partial charge >= 0.3 is 18.3 Å². The van der Waals surface area contributed by atoms with E-state index in [4.69, 9.17) is 32.7 Å². The van der Waals surface area contributed by atoms with Gasteiger partial charge in [0.1, 0.15) is 5.15 Å². The standard InChI is InChI=1S/C20H14Cl2F3N3O6/c1-9(19(32,20(23,24)25)11-4-5-26-14(22)7-11)12-3-2-10(6-13(12)21)16(29)28-17-27-15(8-33-17)34-18(30)31/h2-9,32H,1H3,(H,30,31)(H,27,28,29). The molecule has 0 saturated heterocycles. The lowest BCUT2D eigenvalue weighted by Gasteiger charge is -2.37. The van der Waals surface area contributed by atoms with Crippen LogP contribution < -0.4 is 10.1 Å². The molecule has 0 spiro atoms. The zero-order valence-electron chi connectivity index (χ0n) is 16.9. The predicted molar refractivity (Wildman–Crippen MR) is 112 cm³/mol. The number of anilines is 1. The molecule has 1 aromatic carbocycles. The molecule has 14 heteroatoms. The van der Waals surface area contributed by atoms with Crippen LogP contribution in [0.15, 0.2) is 47.2 Å². The lowest BCUT2D eigenvalue weighted by atomic mass is 9.78. The highest BCUT2D eigenvalue weighted by Crippen LogP contribution is 2.50. The van der Waals surface area contributed by atoms with Gasteiger partial charge in [-0.2, -0.15) is 18.2 Å². The van der Waals surface area contributed by atoms with Gasteiger partial charge in [-0.25, -0.2) is 9.78 Å². The van der Waals surface area contributed by atoms with Gasteiger partial charge in [-0.1, -0.05) is 36.2 Å². The van der Waals surface area contributed by atoms with E-state index >= 15 is 0 Å². The van der Waals surface area contributed by atoms with Crippen molar-refractivity contribution in [3.05, 3.63) is 69.7 Å². The molecule has 0 aliphatic carbocycles. The number of amides is 1. The number of carbonyl (C=O) groups excluding carboxylic acids is 1. The molecule has 9 nitrogen and oxygen atoms in total. The van der Waals surface area contributed by atoms with E-state index in [1.807, 2.05) is 0 Å². The van der Waals surface area contributed by atoms with Gasteiger partial charge in [-0.05, 0) is 35.4 Å². The fourth-order valence-electron chi connectivity index (χ4n) is 3.17. The maximum Gasteiger partial charge on any atom is 0.512 e. The van der Waals surface area contributed by atoms with Crippen LogP contribution in [0.3, 0.4) is 0 Å². The molecule has 3 N–H and O–H groups in total. The first-order chi connectivity index (χ1) is 15.8. The van der Waals surface area contributed by atoms with Crippen LogP contribution in [0.4, 0.5) is 24.0 Å². The Balaban J connectivity index is 1.89. The monoisotopic (exact) mass is 519 g/mol. The average molecular weight is 520 g/mol. The van der Waals surface area contributed by atoms with Crippen LogP contribution in [-0.4, -0.2) is 38.4 Å². The first-order valence-electron chi connectivity index (χ1n) is 9.21. The number of hydrogen-bond donors (Lipinski definition) is 3. The Kier molecular flexibility index (Phi) is 7.05. The molecule has 0 radical (unpaired) electrons. The van der Waals surface area contributed by atoms with E-state index in [1.54, 1.807) is 0 Å². The van der Waals surface area contributed by atoms with Crippen LogP contribution in [0.25, 0.3) is 0 Å². The zero-order valence-corrected chi connectivity index (χ0v) is 18.4. The van der Waals surface area contributed by atoms with Crippen LogP contribution in [0.5, 0.6) is 5.88 Å². The number of ether oxygens (including phenoxy) is 1. The number of oxazole rings is 1. The van der Waals surface area contributed by atoms with Crippen molar-refractivity contribution in [2.24, 2.45) is 0 Å². The minimum Gasteiger partial charge on any atom is -0.449 e. The third-order valence-corrected chi connectivity index (χ3v) is 5.38. The van der Waals surface area contributed by atoms with E-state index in [0.717, 1.165) is 43.6 Å². The van der Waals surface area contributed by atoms with Crippen molar-refractivity contribution < 1.29 is 42.1 Å². The number of halogens is 5. The number of alkyl halides is 3.